The summed E-state index contributed by atoms with van der Waals surface area (Å²) in [6, 6.07) is 0. The van der Waals surface area contributed by atoms with Crippen LogP contribution in [0, 0.1) is 5.92 Å². The summed E-state index contributed by atoms with van der Waals surface area (Å²) < 4.78 is 5.33. The summed E-state index contributed by atoms with van der Waals surface area (Å²) >= 11 is 0. The third kappa shape index (κ3) is 1.57. The van der Waals surface area contributed by atoms with E-state index in [0.717, 1.165) is 6.42 Å². The molecule has 0 aromatic rings. The lowest BCUT2D eigenvalue weighted by Crippen LogP contribution is -2.31. The molecule has 0 aliphatic carbocycles. The Balaban J connectivity index is 2.43. The third-order valence-electron chi connectivity index (χ3n) is 2.02. The van der Waals surface area contributed by atoms with Crippen LogP contribution in [0.1, 0.15) is 26.7 Å². The number of hydrogen-bond donors (Lipinski definition) is 0. The van der Waals surface area contributed by atoms with Crippen molar-refractivity contribution < 1.29 is 9.53 Å². The number of hydrogen-bond acceptors (Lipinski definition) is 2. The Labute approximate surface area is 61.6 Å². The van der Waals surface area contributed by atoms with Crippen molar-refractivity contribution in [2.75, 3.05) is 6.61 Å². The van der Waals surface area contributed by atoms with Crippen LogP contribution in [0.5, 0.6) is 0 Å². The molecular formula is C8H14O2. The second kappa shape index (κ2) is 3.15. The number of carbonyl (C=O) groups excluding carboxylic acids is 1. The Morgan fingerprint density at radius 2 is 2.40 bits per heavy atom. The molecule has 2 atom stereocenters. The normalized spacial score (nSPS) is 34.4. The van der Waals surface area contributed by atoms with Gasteiger partial charge in [0.1, 0.15) is 5.78 Å². The lowest BCUT2D eigenvalue weighted by molar-refractivity contribution is -0.134. The fraction of sp³-hybridized carbons (Fsp3) is 0.875. The van der Waals surface area contributed by atoms with E-state index in [1.165, 1.54) is 0 Å². The lowest BCUT2D eigenvalue weighted by Gasteiger charge is -2.24. The summed E-state index contributed by atoms with van der Waals surface area (Å²) in [7, 11) is 0. The minimum atomic E-state index is 0.148. The largest absolute Gasteiger partial charge is 0.377 e. The zero-order valence-electron chi connectivity index (χ0n) is 6.59. The molecule has 10 heavy (non-hydrogen) atoms. The Kier molecular flexibility index (Phi) is 2.44. The topological polar surface area (TPSA) is 26.3 Å². The lowest BCUT2D eigenvalue weighted by atomic mass is 9.95. The third-order valence-corrected chi connectivity index (χ3v) is 2.02. The van der Waals surface area contributed by atoms with Gasteiger partial charge in [-0.2, -0.15) is 0 Å². The Morgan fingerprint density at radius 3 is 2.90 bits per heavy atom. The molecule has 1 fully saturated rings. The highest BCUT2D eigenvalue weighted by atomic mass is 16.5. The molecule has 1 rings (SSSR count). The molecule has 0 N–H and O–H groups in total. The molecule has 0 aromatic carbocycles. The van der Waals surface area contributed by atoms with E-state index in [-0.39, 0.29) is 12.0 Å². The first-order chi connectivity index (χ1) is 4.74. The van der Waals surface area contributed by atoms with E-state index in [9.17, 15) is 4.79 Å². The highest BCUT2D eigenvalue weighted by molar-refractivity contribution is 5.82. The van der Waals surface area contributed by atoms with Crippen molar-refractivity contribution in [1.82, 2.24) is 0 Å². The van der Waals surface area contributed by atoms with Gasteiger partial charge in [0.2, 0.25) is 0 Å². The average molecular weight is 142 g/mol. The quantitative estimate of drug-likeness (QED) is 0.553. The van der Waals surface area contributed by atoms with Crippen molar-refractivity contribution in [2.24, 2.45) is 5.92 Å². The van der Waals surface area contributed by atoms with Gasteiger partial charge in [-0.1, -0.05) is 6.92 Å². The second-order valence-electron chi connectivity index (χ2n) is 2.92. The number of Topliss-reactive ketones (excluding diaryl/α,β-unsaturated/α-hetero) is 1. The van der Waals surface area contributed by atoms with Crippen LogP contribution in [0.15, 0.2) is 0 Å². The Bertz CT molecular complexity index is 131. The summed E-state index contributed by atoms with van der Waals surface area (Å²) in [5.41, 5.74) is 0. The van der Waals surface area contributed by atoms with Crippen molar-refractivity contribution >= 4 is 5.78 Å². The first kappa shape index (κ1) is 7.73. The Morgan fingerprint density at radius 1 is 1.70 bits per heavy atom. The van der Waals surface area contributed by atoms with Crippen LogP contribution in [-0.2, 0) is 9.53 Å². The van der Waals surface area contributed by atoms with Gasteiger partial charge >= 0.3 is 0 Å². The van der Waals surface area contributed by atoms with E-state index < -0.39 is 0 Å². The minimum Gasteiger partial charge on any atom is -0.377 e. The monoisotopic (exact) mass is 142 g/mol. The van der Waals surface area contributed by atoms with E-state index in [4.69, 9.17) is 4.74 Å². The number of rotatable bonds is 1. The Hall–Kier alpha value is -0.370. The van der Waals surface area contributed by atoms with Crippen LogP contribution in [-0.4, -0.2) is 18.5 Å². The summed E-state index contributed by atoms with van der Waals surface area (Å²) in [5.74, 6) is 0.553. The van der Waals surface area contributed by atoms with Crippen molar-refractivity contribution in [3.63, 3.8) is 0 Å². The molecule has 0 saturated carbocycles. The van der Waals surface area contributed by atoms with Gasteiger partial charge in [-0.25, -0.2) is 0 Å². The van der Waals surface area contributed by atoms with Gasteiger partial charge in [-0.15, -0.1) is 0 Å². The van der Waals surface area contributed by atoms with Gasteiger partial charge in [0.05, 0.1) is 12.7 Å². The predicted octanol–water partition coefficient (Wildman–Crippen LogP) is 1.39. The smallest absolute Gasteiger partial charge is 0.140 e. The molecule has 1 aliphatic rings. The molecule has 1 heterocycles. The fourth-order valence-corrected chi connectivity index (χ4v) is 1.23. The van der Waals surface area contributed by atoms with Crippen LogP contribution in [0.3, 0.4) is 0 Å². The average Bonchev–Trinajstić information content (AvgIpc) is 1.88. The van der Waals surface area contributed by atoms with Gasteiger partial charge < -0.3 is 4.74 Å². The van der Waals surface area contributed by atoms with Crippen molar-refractivity contribution in [3.05, 3.63) is 0 Å². The van der Waals surface area contributed by atoms with Crippen LogP contribution >= 0.6 is 0 Å². The zero-order chi connectivity index (χ0) is 7.56. The molecule has 2 heteroatoms. The molecule has 2 unspecified atom stereocenters. The van der Waals surface area contributed by atoms with Crippen molar-refractivity contribution in [2.45, 2.75) is 32.8 Å². The van der Waals surface area contributed by atoms with E-state index in [1.54, 1.807) is 0 Å². The van der Waals surface area contributed by atoms with Crippen LogP contribution in [0.25, 0.3) is 0 Å². The molecule has 2 nitrogen and oxygen atoms in total. The first-order valence-corrected chi connectivity index (χ1v) is 3.88. The molecule has 0 radical (unpaired) electrons. The van der Waals surface area contributed by atoms with Gasteiger partial charge in [0, 0.05) is 12.3 Å². The maximum atomic E-state index is 11.2. The molecule has 1 saturated heterocycles. The summed E-state index contributed by atoms with van der Waals surface area (Å²) in [5, 5.41) is 0. The first-order valence-electron chi connectivity index (χ1n) is 3.88. The van der Waals surface area contributed by atoms with E-state index in [0.29, 0.717) is 18.8 Å². The number of carbonyl (C=O) groups is 1. The zero-order valence-corrected chi connectivity index (χ0v) is 6.59. The highest BCUT2D eigenvalue weighted by Crippen LogP contribution is 2.17. The molecule has 0 amide bonds. The van der Waals surface area contributed by atoms with Crippen molar-refractivity contribution in [1.29, 1.82) is 0 Å². The fourth-order valence-electron chi connectivity index (χ4n) is 1.23. The van der Waals surface area contributed by atoms with Gasteiger partial charge in [0.15, 0.2) is 0 Å². The van der Waals surface area contributed by atoms with Crippen molar-refractivity contribution in [3.8, 4) is 0 Å². The molecule has 0 bridgehead atoms. The standard InChI is InChI=1S/C8H14O2/c1-3-7-5-10-6(2)4-8(7)9/h6-7H,3-5H2,1-2H3. The SMILES string of the molecule is CCC1COC(C)CC1=O. The van der Waals surface area contributed by atoms with Crippen LogP contribution in [0.4, 0.5) is 0 Å². The van der Waals surface area contributed by atoms with E-state index >= 15 is 0 Å². The van der Waals surface area contributed by atoms with Gasteiger partial charge in [0.25, 0.3) is 0 Å². The maximum Gasteiger partial charge on any atom is 0.140 e. The molecule has 0 aromatic heterocycles. The van der Waals surface area contributed by atoms with Crippen LogP contribution < -0.4 is 0 Å². The second-order valence-corrected chi connectivity index (χ2v) is 2.92. The van der Waals surface area contributed by atoms with Gasteiger partial charge in [-0.3, -0.25) is 4.79 Å². The molecule has 1 aliphatic heterocycles. The van der Waals surface area contributed by atoms with Crippen LogP contribution in [0.2, 0.25) is 0 Å². The molecule has 58 valence electrons. The van der Waals surface area contributed by atoms with E-state index in [1.807, 2.05) is 13.8 Å². The van der Waals surface area contributed by atoms with Gasteiger partial charge in [-0.05, 0) is 13.3 Å². The predicted molar refractivity (Wildman–Crippen MR) is 38.8 cm³/mol. The van der Waals surface area contributed by atoms with E-state index in [2.05, 4.69) is 0 Å². The number of ketones is 1. The summed E-state index contributed by atoms with van der Waals surface area (Å²) in [6.45, 7) is 4.61. The molecule has 0 spiro atoms. The molecular weight excluding hydrogens is 128 g/mol. The summed E-state index contributed by atoms with van der Waals surface area (Å²) in [6.07, 6.45) is 1.68. The number of ether oxygens (including phenoxy) is 1. The summed E-state index contributed by atoms with van der Waals surface area (Å²) in [4.78, 5) is 11.2. The maximum absolute atomic E-state index is 11.2. The minimum absolute atomic E-state index is 0.148. The highest BCUT2D eigenvalue weighted by Gasteiger charge is 2.24.